The minimum absolute atomic E-state index is 0.180. The Morgan fingerprint density at radius 1 is 1.26 bits per heavy atom. The van der Waals surface area contributed by atoms with Crippen molar-refractivity contribution in [1.29, 1.82) is 0 Å². The molecule has 94 valence electrons. The minimum atomic E-state index is -0.470. The Morgan fingerprint density at radius 3 is 3.05 bits per heavy atom. The van der Waals surface area contributed by atoms with Crippen molar-refractivity contribution in [2.24, 2.45) is 0 Å². The van der Waals surface area contributed by atoms with Crippen LogP contribution in [-0.4, -0.2) is 15.9 Å². The molecule has 0 aliphatic heterocycles. The van der Waals surface area contributed by atoms with Crippen molar-refractivity contribution in [3.8, 4) is 0 Å². The molecule has 0 unspecified atom stereocenters. The van der Waals surface area contributed by atoms with E-state index in [1.807, 2.05) is 24.3 Å². The Kier molecular flexibility index (Phi) is 2.94. The number of fused-ring (bicyclic) bond motifs is 1. The lowest BCUT2D eigenvalue weighted by Gasteiger charge is -2.04. The average molecular weight is 254 g/mol. The second-order valence-corrected chi connectivity index (χ2v) is 3.96. The van der Waals surface area contributed by atoms with E-state index in [0.717, 1.165) is 16.5 Å². The van der Waals surface area contributed by atoms with E-state index < -0.39 is 5.97 Å². The fraction of sp³-hybridized carbons (Fsp3) is 0.0714. The molecule has 2 aromatic heterocycles. The average Bonchev–Trinajstić information content (AvgIpc) is 2.93. The third-order valence-corrected chi connectivity index (χ3v) is 2.68. The highest BCUT2D eigenvalue weighted by Crippen LogP contribution is 2.17. The van der Waals surface area contributed by atoms with Gasteiger partial charge in [-0.15, -0.1) is 0 Å². The number of rotatable bonds is 3. The van der Waals surface area contributed by atoms with Crippen LogP contribution in [0.5, 0.6) is 0 Å². The maximum Gasteiger partial charge on any atom is 0.357 e. The molecule has 3 aromatic rings. The third-order valence-electron chi connectivity index (χ3n) is 2.68. The number of ether oxygens (including phenoxy) is 1. The number of carbonyl (C=O) groups is 1. The number of esters is 1. The Bertz CT molecular complexity index is 707. The molecule has 0 aliphatic carbocycles. The zero-order chi connectivity index (χ0) is 13.1. The highest BCUT2D eigenvalue weighted by Gasteiger charge is 2.08. The Labute approximate surface area is 108 Å². The normalized spacial score (nSPS) is 10.5. The van der Waals surface area contributed by atoms with Crippen molar-refractivity contribution >= 4 is 16.9 Å². The molecule has 5 heteroatoms. The van der Waals surface area contributed by atoms with Crippen molar-refractivity contribution < 1.29 is 13.9 Å². The van der Waals surface area contributed by atoms with Gasteiger partial charge in [-0.25, -0.2) is 14.8 Å². The minimum Gasteiger partial charge on any atom is -0.464 e. The van der Waals surface area contributed by atoms with E-state index in [2.05, 4.69) is 9.97 Å². The summed E-state index contributed by atoms with van der Waals surface area (Å²) in [7, 11) is 0. The molecular weight excluding hydrogens is 244 g/mol. The van der Waals surface area contributed by atoms with E-state index in [4.69, 9.17) is 9.15 Å². The second-order valence-electron chi connectivity index (χ2n) is 3.96. The maximum atomic E-state index is 11.7. The van der Waals surface area contributed by atoms with Gasteiger partial charge in [0, 0.05) is 11.6 Å². The van der Waals surface area contributed by atoms with Crippen molar-refractivity contribution in [3.05, 3.63) is 60.4 Å². The Hall–Kier alpha value is -2.69. The largest absolute Gasteiger partial charge is 0.464 e. The summed E-state index contributed by atoms with van der Waals surface area (Å²) in [6.45, 7) is 0.180. The number of furan rings is 1. The molecule has 5 nitrogen and oxygen atoms in total. The number of hydrogen-bond acceptors (Lipinski definition) is 5. The van der Waals surface area contributed by atoms with Crippen LogP contribution < -0.4 is 0 Å². The topological polar surface area (TPSA) is 65.2 Å². The first-order chi connectivity index (χ1) is 9.33. The molecule has 19 heavy (non-hydrogen) atoms. The molecular formula is C14H10N2O3. The summed E-state index contributed by atoms with van der Waals surface area (Å²) in [6, 6.07) is 9.06. The molecule has 0 saturated heterocycles. The van der Waals surface area contributed by atoms with Gasteiger partial charge in [-0.3, -0.25) is 0 Å². The number of carbonyl (C=O) groups excluding carboxylic acids is 1. The second kappa shape index (κ2) is 4.89. The molecule has 0 saturated carbocycles. The van der Waals surface area contributed by atoms with Gasteiger partial charge in [0.25, 0.3) is 0 Å². The van der Waals surface area contributed by atoms with Crippen LogP contribution in [-0.2, 0) is 11.3 Å². The van der Waals surface area contributed by atoms with Crippen LogP contribution in [0.4, 0.5) is 0 Å². The van der Waals surface area contributed by atoms with Crippen LogP contribution in [0.2, 0.25) is 0 Å². The number of benzene rings is 1. The van der Waals surface area contributed by atoms with E-state index in [1.165, 1.54) is 18.6 Å². The summed E-state index contributed by atoms with van der Waals surface area (Å²) >= 11 is 0. The highest BCUT2D eigenvalue weighted by atomic mass is 16.5. The molecule has 1 aromatic carbocycles. The zero-order valence-corrected chi connectivity index (χ0v) is 9.95. The van der Waals surface area contributed by atoms with Crippen LogP contribution in [0, 0.1) is 0 Å². The standard InChI is InChI=1S/C14H10N2O3/c17-14(12-3-5-15-9-16-12)19-8-10-1-2-11-4-6-18-13(11)7-10/h1-7,9H,8H2. The lowest BCUT2D eigenvalue weighted by molar-refractivity contribution is 0.0465. The SMILES string of the molecule is O=C(OCc1ccc2ccoc2c1)c1ccncn1. The van der Waals surface area contributed by atoms with Gasteiger partial charge in [0.2, 0.25) is 0 Å². The molecule has 0 N–H and O–H groups in total. The molecule has 0 spiro atoms. The van der Waals surface area contributed by atoms with Gasteiger partial charge in [-0.05, 0) is 23.8 Å². The fourth-order valence-corrected chi connectivity index (χ4v) is 1.72. The lowest BCUT2D eigenvalue weighted by Crippen LogP contribution is -2.07. The van der Waals surface area contributed by atoms with Crippen molar-refractivity contribution in [1.82, 2.24) is 9.97 Å². The molecule has 2 heterocycles. The zero-order valence-electron chi connectivity index (χ0n) is 9.95. The molecule has 0 bridgehead atoms. The first-order valence-electron chi connectivity index (χ1n) is 5.72. The molecule has 3 rings (SSSR count). The van der Waals surface area contributed by atoms with E-state index in [-0.39, 0.29) is 12.3 Å². The van der Waals surface area contributed by atoms with Gasteiger partial charge >= 0.3 is 5.97 Å². The fourth-order valence-electron chi connectivity index (χ4n) is 1.72. The van der Waals surface area contributed by atoms with E-state index in [0.29, 0.717) is 0 Å². The van der Waals surface area contributed by atoms with E-state index in [9.17, 15) is 4.79 Å². The maximum absolute atomic E-state index is 11.7. The van der Waals surface area contributed by atoms with Crippen molar-refractivity contribution in [2.75, 3.05) is 0 Å². The molecule has 0 atom stereocenters. The van der Waals surface area contributed by atoms with E-state index in [1.54, 1.807) is 6.26 Å². The molecule has 0 amide bonds. The Morgan fingerprint density at radius 2 is 2.21 bits per heavy atom. The van der Waals surface area contributed by atoms with Gasteiger partial charge in [-0.2, -0.15) is 0 Å². The predicted octanol–water partition coefficient (Wildman–Crippen LogP) is 2.58. The van der Waals surface area contributed by atoms with Gasteiger partial charge in [0.1, 0.15) is 18.5 Å². The summed E-state index contributed by atoms with van der Waals surface area (Å²) in [4.78, 5) is 19.3. The summed E-state index contributed by atoms with van der Waals surface area (Å²) in [5.41, 5.74) is 1.88. The van der Waals surface area contributed by atoms with Crippen LogP contribution in [0.15, 0.2) is 53.5 Å². The van der Waals surface area contributed by atoms with Crippen molar-refractivity contribution in [3.63, 3.8) is 0 Å². The summed E-state index contributed by atoms with van der Waals surface area (Å²) < 4.78 is 10.5. The lowest BCUT2D eigenvalue weighted by atomic mass is 10.2. The summed E-state index contributed by atoms with van der Waals surface area (Å²) in [6.07, 6.45) is 4.44. The van der Waals surface area contributed by atoms with Gasteiger partial charge in [0.15, 0.2) is 5.69 Å². The van der Waals surface area contributed by atoms with E-state index >= 15 is 0 Å². The van der Waals surface area contributed by atoms with Gasteiger partial charge < -0.3 is 9.15 Å². The molecule has 0 radical (unpaired) electrons. The monoisotopic (exact) mass is 254 g/mol. The quantitative estimate of drug-likeness (QED) is 0.672. The van der Waals surface area contributed by atoms with Gasteiger partial charge in [-0.1, -0.05) is 12.1 Å². The number of hydrogen-bond donors (Lipinski definition) is 0. The molecule has 0 fully saturated rings. The number of aromatic nitrogens is 2. The number of nitrogens with zero attached hydrogens (tertiary/aromatic N) is 2. The van der Waals surface area contributed by atoms with Crippen molar-refractivity contribution in [2.45, 2.75) is 6.61 Å². The summed E-state index contributed by atoms with van der Waals surface area (Å²) in [5.74, 6) is -0.470. The third kappa shape index (κ3) is 2.44. The smallest absolute Gasteiger partial charge is 0.357 e. The van der Waals surface area contributed by atoms with Crippen LogP contribution in [0.3, 0.4) is 0 Å². The first-order valence-corrected chi connectivity index (χ1v) is 5.72. The Balaban J connectivity index is 1.70. The first kappa shape index (κ1) is 11.4. The van der Waals surface area contributed by atoms with Gasteiger partial charge in [0.05, 0.1) is 6.26 Å². The summed E-state index contributed by atoms with van der Waals surface area (Å²) in [5, 5.41) is 1.02. The van der Waals surface area contributed by atoms with Crippen LogP contribution in [0.25, 0.3) is 11.0 Å². The van der Waals surface area contributed by atoms with Crippen LogP contribution >= 0.6 is 0 Å². The highest BCUT2D eigenvalue weighted by molar-refractivity contribution is 5.87. The van der Waals surface area contributed by atoms with Crippen LogP contribution in [0.1, 0.15) is 16.1 Å². The molecule has 0 aliphatic rings. The predicted molar refractivity (Wildman–Crippen MR) is 67.4 cm³/mol.